The number of aryl methyl sites for hydroxylation is 4. The summed E-state index contributed by atoms with van der Waals surface area (Å²) < 4.78 is 29.7. The minimum absolute atomic E-state index is 0.795. The Hall–Kier alpha value is -3.70. The van der Waals surface area contributed by atoms with Crippen LogP contribution in [0.4, 0.5) is 0 Å². The first-order valence-electron chi connectivity index (χ1n) is 27.2. The van der Waals surface area contributed by atoms with Crippen molar-refractivity contribution in [1.29, 1.82) is 0 Å². The van der Waals surface area contributed by atoms with Crippen molar-refractivity contribution in [3.63, 3.8) is 0 Å². The maximum Gasteiger partial charge on any atom is 0.966 e. The van der Waals surface area contributed by atoms with Gasteiger partial charge in [0.1, 0.15) is 23.0 Å². The molecule has 0 radical (unpaired) electrons. The van der Waals surface area contributed by atoms with Crippen molar-refractivity contribution in [1.82, 2.24) is 0 Å². The molecule has 4 aromatic carbocycles. The van der Waals surface area contributed by atoms with Crippen LogP contribution in [0.1, 0.15) is 230 Å². The molecular weight excluding hydrogens is 813 g/mol. The molecule has 0 fully saturated rings. The van der Waals surface area contributed by atoms with E-state index in [0.29, 0.717) is 0 Å². The molecule has 0 aromatic heterocycles. The molecule has 0 aliphatic heterocycles. The van der Waals surface area contributed by atoms with E-state index in [4.69, 9.17) is 17.7 Å². The normalized spacial score (nSPS) is 11.5. The molecule has 0 heterocycles. The summed E-state index contributed by atoms with van der Waals surface area (Å²) in [4.78, 5) is 0. The van der Waals surface area contributed by atoms with Crippen LogP contribution < -0.4 is 17.7 Å². The fourth-order valence-electron chi connectivity index (χ4n) is 8.99. The lowest BCUT2D eigenvalue weighted by Gasteiger charge is -2.31. The molecule has 0 aliphatic carbocycles. The molecule has 4 aromatic rings. The van der Waals surface area contributed by atoms with E-state index in [1.165, 1.54) is 176 Å². The number of benzene rings is 4. The molecule has 4 nitrogen and oxygen atoms in total. The minimum Gasteiger partial charge on any atom is -0.452 e. The predicted octanol–water partition coefficient (Wildman–Crippen LogP) is 18.9. The SMILES string of the molecule is CCCCCCCCCc1ccccc1O[Si](Oc1ccccc1CCCCCCCCC)(Oc1ccccc1CCCCCCCCC)Oc1ccccc1CCCCCCCCC. The first kappa shape index (κ1) is 53.9. The Labute approximate surface area is 400 Å². The van der Waals surface area contributed by atoms with Crippen LogP contribution in [0.3, 0.4) is 0 Å². The quantitative estimate of drug-likeness (QED) is 0.0329. The molecule has 4 rings (SSSR count). The number of unbranched alkanes of at least 4 members (excludes halogenated alkanes) is 24. The van der Waals surface area contributed by atoms with Gasteiger partial charge in [-0.3, -0.25) is 0 Å². The van der Waals surface area contributed by atoms with Gasteiger partial charge in [-0.05, 0) is 97.9 Å². The van der Waals surface area contributed by atoms with E-state index in [1.807, 2.05) is 0 Å². The summed E-state index contributed by atoms with van der Waals surface area (Å²) in [6.45, 7) is 9.15. The molecule has 5 heteroatoms. The predicted molar refractivity (Wildman–Crippen MR) is 281 cm³/mol. The molecule has 0 saturated carbocycles. The standard InChI is InChI=1S/C60H92O4Si/c1-5-9-13-17-21-25-29-41-53-45-33-37-49-57(53)61-65(62-58-50-38-34-46-54(58)42-30-26-22-18-14-10-6-2,63-59-51-39-35-47-55(59)43-31-27-23-19-15-11-7-3)64-60-52-40-36-48-56(60)44-32-28-24-20-16-12-8-4/h33-40,45-52H,5-32,41-44H2,1-4H3. The van der Waals surface area contributed by atoms with Crippen molar-refractivity contribution < 1.29 is 17.7 Å². The van der Waals surface area contributed by atoms with Gasteiger partial charge in [0.25, 0.3) is 0 Å². The Kier molecular flexibility index (Phi) is 28.7. The summed E-state index contributed by atoms with van der Waals surface area (Å²) in [5.74, 6) is 3.18. The van der Waals surface area contributed by atoms with Crippen molar-refractivity contribution in [2.75, 3.05) is 0 Å². The first-order chi connectivity index (χ1) is 32.1. The first-order valence-corrected chi connectivity index (χ1v) is 28.8. The molecule has 0 aliphatic rings. The van der Waals surface area contributed by atoms with Crippen molar-refractivity contribution in [2.24, 2.45) is 0 Å². The summed E-state index contributed by atoms with van der Waals surface area (Å²) in [6, 6.07) is 34.2. The Balaban J connectivity index is 1.73. The maximum absolute atomic E-state index is 7.43. The topological polar surface area (TPSA) is 36.9 Å². The van der Waals surface area contributed by atoms with Gasteiger partial charge in [0.2, 0.25) is 0 Å². The Bertz CT molecular complexity index is 1510. The lowest BCUT2D eigenvalue weighted by Crippen LogP contribution is -2.61. The third-order valence-corrected chi connectivity index (χ3v) is 14.9. The third kappa shape index (κ3) is 22.1. The van der Waals surface area contributed by atoms with Gasteiger partial charge in [-0.1, -0.05) is 255 Å². The number of hydrogen-bond donors (Lipinski definition) is 0. The molecule has 0 N–H and O–H groups in total. The minimum atomic E-state index is -4.16. The maximum atomic E-state index is 7.43. The molecule has 0 unspecified atom stereocenters. The summed E-state index contributed by atoms with van der Waals surface area (Å²) >= 11 is 0. The van der Waals surface area contributed by atoms with Crippen molar-refractivity contribution in [3.8, 4) is 23.0 Å². The molecule has 0 bridgehead atoms. The van der Waals surface area contributed by atoms with Crippen LogP contribution in [-0.4, -0.2) is 9.05 Å². The molecular formula is C60H92O4Si. The zero-order valence-electron chi connectivity index (χ0n) is 42.0. The molecule has 360 valence electrons. The highest BCUT2D eigenvalue weighted by atomic mass is 28.4. The Morgan fingerprint density at radius 2 is 0.431 bits per heavy atom. The van der Waals surface area contributed by atoms with Crippen LogP contribution in [0, 0.1) is 0 Å². The second-order valence-electron chi connectivity index (χ2n) is 18.8. The molecule has 0 saturated heterocycles. The molecule has 0 amide bonds. The van der Waals surface area contributed by atoms with Gasteiger partial charge in [0.05, 0.1) is 0 Å². The van der Waals surface area contributed by atoms with Crippen molar-refractivity contribution in [3.05, 3.63) is 119 Å². The van der Waals surface area contributed by atoms with Crippen molar-refractivity contribution in [2.45, 2.75) is 233 Å². The highest BCUT2D eigenvalue weighted by Crippen LogP contribution is 2.35. The van der Waals surface area contributed by atoms with E-state index in [2.05, 4.69) is 125 Å². The summed E-state index contributed by atoms with van der Waals surface area (Å²) in [5.41, 5.74) is 4.71. The fraction of sp³-hybridized carbons (Fsp3) is 0.600. The molecule has 65 heavy (non-hydrogen) atoms. The lowest BCUT2D eigenvalue weighted by molar-refractivity contribution is 0.158. The molecule has 0 spiro atoms. The smallest absolute Gasteiger partial charge is 0.452 e. The largest absolute Gasteiger partial charge is 0.966 e. The second kappa shape index (κ2) is 34.6. The van der Waals surface area contributed by atoms with Crippen LogP contribution in [0.25, 0.3) is 0 Å². The van der Waals surface area contributed by atoms with Crippen LogP contribution >= 0.6 is 0 Å². The van der Waals surface area contributed by atoms with Gasteiger partial charge in [0.15, 0.2) is 0 Å². The Morgan fingerprint density at radius 1 is 0.246 bits per heavy atom. The van der Waals surface area contributed by atoms with Crippen LogP contribution in [0.5, 0.6) is 23.0 Å². The highest BCUT2D eigenvalue weighted by Gasteiger charge is 2.59. The second-order valence-corrected chi connectivity index (χ2v) is 20.6. The number of para-hydroxylation sites is 4. The molecule has 0 atom stereocenters. The van der Waals surface area contributed by atoms with E-state index in [1.54, 1.807) is 0 Å². The average molecular weight is 905 g/mol. The van der Waals surface area contributed by atoms with E-state index in [-0.39, 0.29) is 0 Å². The van der Waals surface area contributed by atoms with E-state index in [0.717, 1.165) is 74.4 Å². The number of hydrogen-bond acceptors (Lipinski definition) is 4. The van der Waals surface area contributed by atoms with Crippen LogP contribution in [0.15, 0.2) is 97.1 Å². The van der Waals surface area contributed by atoms with E-state index >= 15 is 0 Å². The summed E-state index contributed by atoms with van der Waals surface area (Å²) in [7, 11) is -4.16. The van der Waals surface area contributed by atoms with Gasteiger partial charge in [-0.25, -0.2) is 0 Å². The number of rotatable bonds is 40. The Morgan fingerprint density at radius 3 is 0.646 bits per heavy atom. The highest BCUT2D eigenvalue weighted by molar-refractivity contribution is 6.57. The monoisotopic (exact) mass is 905 g/mol. The summed E-state index contributed by atoms with van der Waals surface area (Å²) in [6.07, 6.45) is 39.2. The van der Waals surface area contributed by atoms with Crippen molar-refractivity contribution >= 4 is 9.05 Å². The van der Waals surface area contributed by atoms with Gasteiger partial charge < -0.3 is 17.7 Å². The fourth-order valence-corrected chi connectivity index (χ4v) is 11.1. The van der Waals surface area contributed by atoms with Crippen LogP contribution in [-0.2, 0) is 25.7 Å². The van der Waals surface area contributed by atoms with Gasteiger partial charge >= 0.3 is 9.05 Å². The van der Waals surface area contributed by atoms with E-state index < -0.39 is 9.05 Å². The lowest BCUT2D eigenvalue weighted by atomic mass is 10.0. The van der Waals surface area contributed by atoms with Crippen LogP contribution in [0.2, 0.25) is 0 Å². The third-order valence-electron chi connectivity index (χ3n) is 13.0. The zero-order chi connectivity index (χ0) is 45.9. The van der Waals surface area contributed by atoms with Gasteiger partial charge in [-0.2, -0.15) is 0 Å². The van der Waals surface area contributed by atoms with Gasteiger partial charge in [-0.15, -0.1) is 0 Å². The van der Waals surface area contributed by atoms with E-state index in [9.17, 15) is 0 Å². The zero-order valence-corrected chi connectivity index (χ0v) is 43.0. The average Bonchev–Trinajstić information content (AvgIpc) is 3.32. The van der Waals surface area contributed by atoms with Gasteiger partial charge in [0, 0.05) is 0 Å². The summed E-state index contributed by atoms with van der Waals surface area (Å²) in [5, 5.41) is 0.